The summed E-state index contributed by atoms with van der Waals surface area (Å²) in [6, 6.07) is 4.77. The van der Waals surface area contributed by atoms with Gasteiger partial charge in [0.2, 0.25) is 0 Å². The summed E-state index contributed by atoms with van der Waals surface area (Å²) in [6.07, 6.45) is 3.36. The zero-order valence-electron chi connectivity index (χ0n) is 12.3. The second kappa shape index (κ2) is 6.12. The summed E-state index contributed by atoms with van der Waals surface area (Å²) >= 11 is 0. The SMILES string of the molecule is C=CCOC1CC2CN(Cc3ccc(C)o3)CCN2C1. The Labute approximate surface area is 121 Å². The van der Waals surface area contributed by atoms with Gasteiger partial charge in [-0.05, 0) is 25.5 Å². The van der Waals surface area contributed by atoms with Crippen LogP contribution in [0.15, 0.2) is 29.2 Å². The molecule has 2 atom stereocenters. The summed E-state index contributed by atoms with van der Waals surface area (Å²) in [5.41, 5.74) is 0. The maximum absolute atomic E-state index is 5.80. The molecule has 0 aliphatic carbocycles. The summed E-state index contributed by atoms with van der Waals surface area (Å²) in [6.45, 7) is 11.8. The predicted molar refractivity (Wildman–Crippen MR) is 78.6 cm³/mol. The molecule has 0 aromatic carbocycles. The van der Waals surface area contributed by atoms with Crippen molar-refractivity contribution in [2.75, 3.05) is 32.8 Å². The Morgan fingerprint density at radius 3 is 3.05 bits per heavy atom. The van der Waals surface area contributed by atoms with Crippen molar-refractivity contribution in [3.05, 3.63) is 36.3 Å². The molecule has 2 unspecified atom stereocenters. The van der Waals surface area contributed by atoms with Crippen molar-refractivity contribution in [1.29, 1.82) is 0 Å². The van der Waals surface area contributed by atoms with Crippen molar-refractivity contribution < 1.29 is 9.15 Å². The minimum Gasteiger partial charge on any atom is -0.465 e. The van der Waals surface area contributed by atoms with E-state index in [-0.39, 0.29) is 0 Å². The van der Waals surface area contributed by atoms with Crippen molar-refractivity contribution in [1.82, 2.24) is 9.80 Å². The number of furan rings is 1. The highest BCUT2D eigenvalue weighted by molar-refractivity contribution is 5.06. The van der Waals surface area contributed by atoms with Crippen LogP contribution in [0.25, 0.3) is 0 Å². The quantitative estimate of drug-likeness (QED) is 0.770. The summed E-state index contributed by atoms with van der Waals surface area (Å²) in [4.78, 5) is 5.06. The van der Waals surface area contributed by atoms with Crippen molar-refractivity contribution in [3.8, 4) is 0 Å². The van der Waals surface area contributed by atoms with Crippen molar-refractivity contribution >= 4 is 0 Å². The summed E-state index contributed by atoms with van der Waals surface area (Å²) in [7, 11) is 0. The van der Waals surface area contributed by atoms with Crippen LogP contribution < -0.4 is 0 Å². The third-order valence-corrected chi connectivity index (χ3v) is 4.29. The number of rotatable bonds is 5. The molecule has 0 radical (unpaired) electrons. The number of hydrogen-bond donors (Lipinski definition) is 0. The van der Waals surface area contributed by atoms with Gasteiger partial charge in [-0.3, -0.25) is 9.80 Å². The first-order valence-electron chi connectivity index (χ1n) is 7.49. The lowest BCUT2D eigenvalue weighted by molar-refractivity contribution is 0.0748. The van der Waals surface area contributed by atoms with Crippen LogP contribution in [0.1, 0.15) is 17.9 Å². The van der Waals surface area contributed by atoms with Crippen molar-refractivity contribution in [2.45, 2.75) is 32.0 Å². The molecule has 4 heteroatoms. The van der Waals surface area contributed by atoms with Gasteiger partial charge in [0, 0.05) is 32.2 Å². The van der Waals surface area contributed by atoms with Crippen LogP contribution in [0.2, 0.25) is 0 Å². The van der Waals surface area contributed by atoms with Gasteiger partial charge in [-0.15, -0.1) is 6.58 Å². The lowest BCUT2D eigenvalue weighted by atomic mass is 10.1. The van der Waals surface area contributed by atoms with Gasteiger partial charge in [0.1, 0.15) is 11.5 Å². The van der Waals surface area contributed by atoms with Crippen molar-refractivity contribution in [2.24, 2.45) is 0 Å². The number of nitrogens with zero attached hydrogens (tertiary/aromatic N) is 2. The van der Waals surface area contributed by atoms with E-state index in [1.165, 1.54) is 0 Å². The fourth-order valence-corrected chi connectivity index (χ4v) is 3.32. The first-order chi connectivity index (χ1) is 9.74. The monoisotopic (exact) mass is 276 g/mol. The molecule has 110 valence electrons. The van der Waals surface area contributed by atoms with E-state index in [0.717, 1.165) is 50.7 Å². The Morgan fingerprint density at radius 2 is 2.30 bits per heavy atom. The van der Waals surface area contributed by atoms with Crippen LogP contribution in [0.3, 0.4) is 0 Å². The van der Waals surface area contributed by atoms with Gasteiger partial charge in [-0.2, -0.15) is 0 Å². The highest BCUT2D eigenvalue weighted by atomic mass is 16.5. The van der Waals surface area contributed by atoms with Gasteiger partial charge in [0.05, 0.1) is 19.3 Å². The second-order valence-electron chi connectivity index (χ2n) is 5.88. The maximum atomic E-state index is 5.80. The Balaban J connectivity index is 1.52. The first-order valence-corrected chi connectivity index (χ1v) is 7.49. The van der Waals surface area contributed by atoms with Crippen molar-refractivity contribution in [3.63, 3.8) is 0 Å². The topological polar surface area (TPSA) is 28.9 Å². The number of piperazine rings is 1. The van der Waals surface area contributed by atoms with Gasteiger partial charge in [0.15, 0.2) is 0 Å². The molecule has 3 heterocycles. The number of hydrogen-bond acceptors (Lipinski definition) is 4. The van der Waals surface area contributed by atoms with Gasteiger partial charge in [0.25, 0.3) is 0 Å². The first kappa shape index (κ1) is 13.9. The van der Waals surface area contributed by atoms with E-state index in [0.29, 0.717) is 18.8 Å². The second-order valence-corrected chi connectivity index (χ2v) is 5.88. The maximum Gasteiger partial charge on any atom is 0.118 e. The predicted octanol–water partition coefficient (Wildman–Crippen LogP) is 2.05. The summed E-state index contributed by atoms with van der Waals surface area (Å²) in [5.74, 6) is 2.07. The number of aryl methyl sites for hydroxylation is 1. The molecular formula is C16H24N2O2. The lowest BCUT2D eigenvalue weighted by Crippen LogP contribution is -2.49. The minimum absolute atomic E-state index is 0.379. The molecule has 1 aromatic rings. The Bertz CT molecular complexity index is 457. The molecule has 2 aliphatic heterocycles. The Kier molecular flexibility index (Phi) is 4.24. The third-order valence-electron chi connectivity index (χ3n) is 4.29. The van der Waals surface area contributed by atoms with E-state index in [1.54, 1.807) is 0 Å². The standard InChI is InChI=1S/C16H24N2O2/c1-3-8-19-16-9-14-10-17(6-7-18(14)12-16)11-15-5-4-13(2)20-15/h3-5,14,16H,1,6-12H2,2H3. The molecule has 3 rings (SSSR count). The Hall–Kier alpha value is -1.10. The van der Waals surface area contributed by atoms with Crippen LogP contribution in [-0.4, -0.2) is 54.7 Å². The molecule has 2 aliphatic rings. The fraction of sp³-hybridized carbons (Fsp3) is 0.625. The molecule has 0 saturated carbocycles. The summed E-state index contributed by atoms with van der Waals surface area (Å²) in [5, 5.41) is 0. The largest absolute Gasteiger partial charge is 0.465 e. The van der Waals surface area contributed by atoms with E-state index in [1.807, 2.05) is 19.1 Å². The molecule has 0 spiro atoms. The average Bonchev–Trinajstić information content (AvgIpc) is 3.02. The van der Waals surface area contributed by atoms with E-state index in [2.05, 4.69) is 22.4 Å². The van der Waals surface area contributed by atoms with Crippen LogP contribution in [0, 0.1) is 6.92 Å². The zero-order valence-corrected chi connectivity index (χ0v) is 12.3. The van der Waals surface area contributed by atoms with Crippen LogP contribution >= 0.6 is 0 Å². The van der Waals surface area contributed by atoms with Gasteiger partial charge >= 0.3 is 0 Å². The van der Waals surface area contributed by atoms with Gasteiger partial charge in [-0.1, -0.05) is 6.08 Å². The van der Waals surface area contributed by atoms with Gasteiger partial charge in [-0.25, -0.2) is 0 Å². The molecular weight excluding hydrogens is 252 g/mol. The molecule has 0 N–H and O–H groups in total. The summed E-state index contributed by atoms with van der Waals surface area (Å²) < 4.78 is 11.5. The minimum atomic E-state index is 0.379. The highest BCUT2D eigenvalue weighted by Crippen LogP contribution is 2.25. The van der Waals surface area contributed by atoms with Crippen LogP contribution in [-0.2, 0) is 11.3 Å². The lowest BCUT2D eigenvalue weighted by Gasteiger charge is -2.36. The third kappa shape index (κ3) is 3.14. The Morgan fingerprint density at radius 1 is 1.40 bits per heavy atom. The van der Waals surface area contributed by atoms with Crippen LogP contribution in [0.4, 0.5) is 0 Å². The highest BCUT2D eigenvalue weighted by Gasteiger charge is 2.36. The van der Waals surface area contributed by atoms with Gasteiger partial charge < -0.3 is 9.15 Å². The number of fused-ring (bicyclic) bond motifs is 1. The van der Waals surface area contributed by atoms with E-state index < -0.39 is 0 Å². The van der Waals surface area contributed by atoms with E-state index in [9.17, 15) is 0 Å². The average molecular weight is 276 g/mol. The molecule has 4 nitrogen and oxygen atoms in total. The van der Waals surface area contributed by atoms with E-state index >= 15 is 0 Å². The smallest absolute Gasteiger partial charge is 0.118 e. The normalized spacial score (nSPS) is 27.6. The molecule has 2 saturated heterocycles. The zero-order chi connectivity index (χ0) is 13.9. The fourth-order valence-electron chi connectivity index (χ4n) is 3.32. The number of ether oxygens (including phenoxy) is 1. The van der Waals surface area contributed by atoms with Crippen LogP contribution in [0.5, 0.6) is 0 Å². The van der Waals surface area contributed by atoms with E-state index in [4.69, 9.17) is 9.15 Å². The molecule has 2 fully saturated rings. The molecule has 20 heavy (non-hydrogen) atoms. The molecule has 0 amide bonds. The molecule has 1 aromatic heterocycles. The molecule has 0 bridgehead atoms.